The van der Waals surface area contributed by atoms with E-state index in [2.05, 4.69) is 31.8 Å². The van der Waals surface area contributed by atoms with Crippen LogP contribution >= 0.6 is 27.3 Å². The quantitative estimate of drug-likeness (QED) is 0.617. The van der Waals surface area contributed by atoms with Gasteiger partial charge in [0, 0.05) is 46.1 Å². The van der Waals surface area contributed by atoms with Crippen LogP contribution in [0.5, 0.6) is 5.75 Å². The van der Waals surface area contributed by atoms with E-state index in [0.717, 1.165) is 57.9 Å². The van der Waals surface area contributed by atoms with Crippen molar-refractivity contribution in [1.29, 1.82) is 0 Å². The topological polar surface area (TPSA) is 32.8 Å². The molecule has 1 aliphatic heterocycles. The Morgan fingerprint density at radius 2 is 1.69 bits per heavy atom. The third-order valence-electron chi connectivity index (χ3n) is 4.76. The van der Waals surface area contributed by atoms with E-state index in [9.17, 15) is 4.79 Å². The molecule has 0 radical (unpaired) electrons. The van der Waals surface area contributed by atoms with E-state index in [4.69, 9.17) is 4.74 Å². The highest BCUT2D eigenvalue weighted by molar-refractivity contribution is 9.10. The summed E-state index contributed by atoms with van der Waals surface area (Å²) in [6, 6.07) is 14.0. The van der Waals surface area contributed by atoms with E-state index in [1.165, 1.54) is 0 Å². The van der Waals surface area contributed by atoms with E-state index in [1.807, 2.05) is 41.8 Å². The highest BCUT2D eigenvalue weighted by Gasteiger charge is 2.21. The molecule has 0 spiro atoms. The first-order chi connectivity index (χ1) is 12.7. The van der Waals surface area contributed by atoms with E-state index >= 15 is 0 Å². The van der Waals surface area contributed by atoms with Crippen molar-refractivity contribution < 1.29 is 4.74 Å². The van der Waals surface area contributed by atoms with Crippen molar-refractivity contribution in [2.24, 2.45) is 0 Å². The maximum absolute atomic E-state index is 12.9. The van der Waals surface area contributed by atoms with E-state index in [1.54, 1.807) is 18.4 Å². The number of anilines is 2. The average Bonchev–Trinajstić information content (AvgIpc) is 2.69. The fraction of sp³-hybridized carbons (Fsp3) is 0.250. The number of hydrogen-bond donors (Lipinski definition) is 0. The minimum atomic E-state index is 0.116. The van der Waals surface area contributed by atoms with Crippen LogP contribution in [0.1, 0.15) is 0 Å². The summed E-state index contributed by atoms with van der Waals surface area (Å²) in [7, 11) is 1.70. The van der Waals surface area contributed by atoms with Crippen LogP contribution in [-0.4, -0.2) is 33.3 Å². The van der Waals surface area contributed by atoms with Crippen molar-refractivity contribution in [2.75, 3.05) is 43.1 Å². The van der Waals surface area contributed by atoms with Gasteiger partial charge in [0.1, 0.15) is 5.75 Å². The minimum Gasteiger partial charge on any atom is -0.495 e. The zero-order valence-corrected chi connectivity index (χ0v) is 16.8. The Bertz CT molecular complexity index is 997. The molecule has 4 nitrogen and oxygen atoms in total. The highest BCUT2D eigenvalue weighted by atomic mass is 79.9. The molecule has 1 aromatic heterocycles. The van der Waals surface area contributed by atoms with Crippen LogP contribution in [0.15, 0.2) is 57.1 Å². The number of piperazine rings is 1. The van der Waals surface area contributed by atoms with Gasteiger partial charge in [0.2, 0.25) is 5.43 Å². The van der Waals surface area contributed by atoms with E-state index < -0.39 is 0 Å². The fourth-order valence-electron chi connectivity index (χ4n) is 3.39. The average molecular weight is 431 g/mol. The molecule has 2 aromatic carbocycles. The number of rotatable bonds is 3. The van der Waals surface area contributed by atoms with Crippen molar-refractivity contribution in [2.45, 2.75) is 0 Å². The molecule has 0 aliphatic carbocycles. The van der Waals surface area contributed by atoms with Gasteiger partial charge in [0.15, 0.2) is 0 Å². The molecule has 0 saturated carbocycles. The summed E-state index contributed by atoms with van der Waals surface area (Å²) in [5.74, 6) is 0.892. The molecule has 4 rings (SSSR count). The first-order valence-corrected chi connectivity index (χ1v) is 10.2. The molecule has 1 fully saturated rings. The maximum Gasteiger partial charge on any atom is 0.211 e. The number of para-hydroxylation sites is 2. The standard InChI is InChI=1S/C20H19BrN2O2S/c1-25-18-5-3-2-4-16(18)22-8-10-23(11-9-22)17-13-26-19-7-6-14(21)12-15(19)20(17)24/h2-7,12-13H,8-11H2,1H3. The lowest BCUT2D eigenvalue weighted by atomic mass is 10.2. The number of fused-ring (bicyclic) bond motifs is 1. The molecule has 0 unspecified atom stereocenters. The third kappa shape index (κ3) is 3.19. The Labute approximate surface area is 164 Å². The molecule has 6 heteroatoms. The lowest BCUT2D eigenvalue weighted by molar-refractivity contribution is 0.413. The summed E-state index contributed by atoms with van der Waals surface area (Å²) in [4.78, 5) is 17.5. The van der Waals surface area contributed by atoms with Gasteiger partial charge in [0.25, 0.3) is 0 Å². The van der Waals surface area contributed by atoms with Gasteiger partial charge in [0.05, 0.1) is 18.5 Å². The fourth-order valence-corrected chi connectivity index (χ4v) is 4.67. The predicted octanol–water partition coefficient (Wildman–Crippen LogP) is 4.36. The summed E-state index contributed by atoms with van der Waals surface area (Å²) in [5, 5.41) is 2.78. The number of halogens is 1. The van der Waals surface area contributed by atoms with Crippen molar-refractivity contribution in [1.82, 2.24) is 0 Å². The van der Waals surface area contributed by atoms with Gasteiger partial charge in [-0.05, 0) is 30.3 Å². The van der Waals surface area contributed by atoms with Crippen molar-refractivity contribution >= 4 is 48.7 Å². The lowest BCUT2D eigenvalue weighted by Gasteiger charge is -2.37. The van der Waals surface area contributed by atoms with E-state index in [0.29, 0.717) is 0 Å². The van der Waals surface area contributed by atoms with Gasteiger partial charge >= 0.3 is 0 Å². The summed E-state index contributed by atoms with van der Waals surface area (Å²) < 4.78 is 7.44. The summed E-state index contributed by atoms with van der Waals surface area (Å²) in [6.45, 7) is 3.36. The Hall–Kier alpha value is -2.05. The first-order valence-electron chi connectivity index (χ1n) is 8.51. The number of nitrogens with zero attached hydrogens (tertiary/aromatic N) is 2. The second kappa shape index (κ2) is 7.29. The molecule has 2 heterocycles. The minimum absolute atomic E-state index is 0.116. The molecule has 0 N–H and O–H groups in total. The van der Waals surface area contributed by atoms with Crippen LogP contribution in [0.2, 0.25) is 0 Å². The number of benzene rings is 2. The summed E-state index contributed by atoms with van der Waals surface area (Å²) >= 11 is 5.10. The molecular weight excluding hydrogens is 412 g/mol. The zero-order valence-electron chi connectivity index (χ0n) is 14.4. The van der Waals surface area contributed by atoms with Crippen LogP contribution in [-0.2, 0) is 0 Å². The van der Waals surface area contributed by atoms with Gasteiger partial charge < -0.3 is 14.5 Å². The largest absolute Gasteiger partial charge is 0.495 e. The van der Waals surface area contributed by atoms with Crippen molar-refractivity contribution in [3.63, 3.8) is 0 Å². The molecular formula is C20H19BrN2O2S. The second-order valence-electron chi connectivity index (χ2n) is 6.24. The molecule has 134 valence electrons. The zero-order chi connectivity index (χ0) is 18.1. The molecule has 1 saturated heterocycles. The molecule has 0 amide bonds. The van der Waals surface area contributed by atoms with Gasteiger partial charge in [-0.2, -0.15) is 0 Å². The van der Waals surface area contributed by atoms with Crippen LogP contribution in [0, 0.1) is 0 Å². The SMILES string of the molecule is COc1ccccc1N1CCN(c2csc3ccc(Br)cc3c2=O)CC1. The maximum atomic E-state index is 12.9. The molecule has 1 aliphatic rings. The Morgan fingerprint density at radius 3 is 2.42 bits per heavy atom. The number of methoxy groups -OCH3 is 1. The van der Waals surface area contributed by atoms with Crippen LogP contribution < -0.4 is 20.0 Å². The third-order valence-corrected chi connectivity index (χ3v) is 6.21. The molecule has 3 aromatic rings. The van der Waals surface area contributed by atoms with Gasteiger partial charge in [-0.25, -0.2) is 0 Å². The van der Waals surface area contributed by atoms with Crippen molar-refractivity contribution in [3.05, 3.63) is 62.5 Å². The van der Waals surface area contributed by atoms with Crippen LogP contribution in [0.25, 0.3) is 10.1 Å². The second-order valence-corrected chi connectivity index (χ2v) is 8.06. The monoisotopic (exact) mass is 430 g/mol. The summed E-state index contributed by atoms with van der Waals surface area (Å²) in [5.41, 5.74) is 2.04. The first kappa shape index (κ1) is 17.4. The van der Waals surface area contributed by atoms with Crippen LogP contribution in [0.4, 0.5) is 11.4 Å². The molecule has 0 atom stereocenters. The van der Waals surface area contributed by atoms with E-state index in [-0.39, 0.29) is 5.43 Å². The highest BCUT2D eigenvalue weighted by Crippen LogP contribution is 2.30. The summed E-state index contributed by atoms with van der Waals surface area (Å²) in [6.07, 6.45) is 0. The van der Waals surface area contributed by atoms with Crippen molar-refractivity contribution in [3.8, 4) is 5.75 Å². The Morgan fingerprint density at radius 1 is 1.00 bits per heavy atom. The predicted molar refractivity (Wildman–Crippen MR) is 113 cm³/mol. The van der Waals surface area contributed by atoms with Gasteiger partial charge in [-0.1, -0.05) is 28.1 Å². The normalized spacial score (nSPS) is 14.7. The smallest absolute Gasteiger partial charge is 0.211 e. The van der Waals surface area contributed by atoms with Gasteiger partial charge in [-0.15, -0.1) is 11.3 Å². The number of hydrogen-bond acceptors (Lipinski definition) is 5. The van der Waals surface area contributed by atoms with Gasteiger partial charge in [-0.3, -0.25) is 4.79 Å². The Kier molecular flexibility index (Phi) is 4.87. The molecule has 26 heavy (non-hydrogen) atoms. The number of ether oxygens (including phenoxy) is 1. The van der Waals surface area contributed by atoms with Crippen LogP contribution in [0.3, 0.4) is 0 Å². The molecule has 0 bridgehead atoms. The Balaban J connectivity index is 1.58. The lowest BCUT2D eigenvalue weighted by Crippen LogP contribution is -2.47.